The molecule has 0 fully saturated rings. The maximum absolute atomic E-state index is 13.2. The smallest absolute Gasteiger partial charge is 0.264 e. The Kier molecular flexibility index (Phi) is 6.00. The standard InChI is InChI=1S/C23H21N5O3S/c1-27(20-7-3-2-4-8-20)32(30,31)22-10-6-5-9-21(22)23(29)26-19-13-11-18(12-14-19)15-28-17-24-16-25-28/h2-14,16-17H,15H2,1H3,(H,26,29). The van der Waals surface area contributed by atoms with Crippen LogP contribution in [0.4, 0.5) is 11.4 Å². The van der Waals surface area contributed by atoms with Crippen LogP contribution in [0.5, 0.6) is 0 Å². The molecule has 0 radical (unpaired) electrons. The summed E-state index contributed by atoms with van der Waals surface area (Å²) in [4.78, 5) is 16.8. The van der Waals surface area contributed by atoms with Gasteiger partial charge in [0, 0.05) is 12.7 Å². The first-order chi connectivity index (χ1) is 15.4. The summed E-state index contributed by atoms with van der Waals surface area (Å²) in [5.41, 5.74) is 2.12. The number of hydrogen-bond donors (Lipinski definition) is 1. The Morgan fingerprint density at radius 1 is 0.969 bits per heavy atom. The number of aromatic nitrogens is 3. The van der Waals surface area contributed by atoms with Gasteiger partial charge in [0.2, 0.25) is 0 Å². The van der Waals surface area contributed by atoms with E-state index in [1.165, 1.54) is 25.5 Å². The molecule has 9 heteroatoms. The molecular formula is C23H21N5O3S. The Balaban J connectivity index is 1.55. The molecule has 8 nitrogen and oxygen atoms in total. The molecule has 0 unspecified atom stereocenters. The van der Waals surface area contributed by atoms with Crippen LogP contribution in [0.3, 0.4) is 0 Å². The molecule has 3 aromatic carbocycles. The fourth-order valence-electron chi connectivity index (χ4n) is 3.20. The number of benzene rings is 3. The van der Waals surface area contributed by atoms with Gasteiger partial charge in [0.1, 0.15) is 17.6 Å². The van der Waals surface area contributed by atoms with Crippen molar-refractivity contribution in [1.29, 1.82) is 0 Å². The average Bonchev–Trinajstić information content (AvgIpc) is 3.33. The molecule has 32 heavy (non-hydrogen) atoms. The van der Waals surface area contributed by atoms with Crippen molar-refractivity contribution in [2.45, 2.75) is 11.4 Å². The second-order valence-electron chi connectivity index (χ2n) is 7.05. The minimum absolute atomic E-state index is 0.0633. The van der Waals surface area contributed by atoms with Crippen molar-refractivity contribution in [2.24, 2.45) is 0 Å². The summed E-state index contributed by atoms with van der Waals surface area (Å²) >= 11 is 0. The third-order valence-corrected chi connectivity index (χ3v) is 6.76. The van der Waals surface area contributed by atoms with Crippen molar-refractivity contribution in [3.8, 4) is 0 Å². The zero-order valence-electron chi connectivity index (χ0n) is 17.3. The second-order valence-corrected chi connectivity index (χ2v) is 8.99. The van der Waals surface area contributed by atoms with Gasteiger partial charge >= 0.3 is 0 Å². The van der Waals surface area contributed by atoms with Crippen molar-refractivity contribution in [1.82, 2.24) is 14.8 Å². The normalized spacial score (nSPS) is 11.2. The first-order valence-corrected chi connectivity index (χ1v) is 11.2. The van der Waals surface area contributed by atoms with Crippen molar-refractivity contribution >= 4 is 27.3 Å². The van der Waals surface area contributed by atoms with Gasteiger partial charge in [-0.15, -0.1) is 0 Å². The topological polar surface area (TPSA) is 97.2 Å². The number of rotatable bonds is 7. The number of para-hydroxylation sites is 1. The van der Waals surface area contributed by atoms with Gasteiger partial charge in [-0.1, -0.05) is 42.5 Å². The predicted octanol–water partition coefficient (Wildman–Crippen LogP) is 3.40. The van der Waals surface area contributed by atoms with E-state index in [9.17, 15) is 13.2 Å². The van der Waals surface area contributed by atoms with Gasteiger partial charge < -0.3 is 5.32 Å². The van der Waals surface area contributed by atoms with E-state index >= 15 is 0 Å². The summed E-state index contributed by atoms with van der Waals surface area (Å²) in [6.07, 6.45) is 3.09. The van der Waals surface area contributed by atoms with Gasteiger partial charge in [0.25, 0.3) is 15.9 Å². The lowest BCUT2D eigenvalue weighted by Gasteiger charge is -2.21. The SMILES string of the molecule is CN(c1ccccc1)S(=O)(=O)c1ccccc1C(=O)Nc1ccc(Cn2cncn2)cc1. The highest BCUT2D eigenvalue weighted by Gasteiger charge is 2.26. The molecule has 4 aromatic rings. The summed E-state index contributed by atoms with van der Waals surface area (Å²) in [7, 11) is -2.47. The van der Waals surface area contributed by atoms with E-state index in [1.54, 1.807) is 59.5 Å². The Morgan fingerprint density at radius 3 is 2.34 bits per heavy atom. The van der Waals surface area contributed by atoms with Crippen LogP contribution in [0.25, 0.3) is 0 Å². The van der Waals surface area contributed by atoms with Gasteiger partial charge in [-0.2, -0.15) is 5.10 Å². The van der Waals surface area contributed by atoms with E-state index in [0.29, 0.717) is 17.9 Å². The van der Waals surface area contributed by atoms with E-state index < -0.39 is 15.9 Å². The summed E-state index contributed by atoms with van der Waals surface area (Å²) in [6, 6.07) is 22.1. The molecule has 0 saturated heterocycles. The monoisotopic (exact) mass is 447 g/mol. The van der Waals surface area contributed by atoms with E-state index in [-0.39, 0.29) is 10.5 Å². The quantitative estimate of drug-likeness (QED) is 0.468. The third kappa shape index (κ3) is 4.52. The van der Waals surface area contributed by atoms with Crippen LogP contribution in [-0.4, -0.2) is 36.1 Å². The van der Waals surface area contributed by atoms with Gasteiger partial charge in [0.05, 0.1) is 17.8 Å². The zero-order chi connectivity index (χ0) is 22.6. The molecule has 4 rings (SSSR count). The number of nitrogens with zero attached hydrogens (tertiary/aromatic N) is 4. The van der Waals surface area contributed by atoms with Crippen LogP contribution in [0.15, 0.2) is 96.4 Å². The molecule has 0 saturated carbocycles. The number of sulfonamides is 1. The summed E-state index contributed by atoms with van der Waals surface area (Å²) in [5, 5.41) is 6.84. The molecule has 162 valence electrons. The first kappa shape index (κ1) is 21.3. The number of anilines is 2. The Hall–Kier alpha value is -3.98. The second kappa shape index (κ2) is 9.03. The maximum Gasteiger partial charge on any atom is 0.264 e. The lowest BCUT2D eigenvalue weighted by atomic mass is 10.2. The van der Waals surface area contributed by atoms with Gasteiger partial charge in [-0.25, -0.2) is 18.1 Å². The molecule has 0 aliphatic carbocycles. The zero-order valence-corrected chi connectivity index (χ0v) is 18.1. The molecule has 1 aromatic heterocycles. The summed E-state index contributed by atoms with van der Waals surface area (Å²) in [5.74, 6) is -0.505. The number of hydrogen-bond acceptors (Lipinski definition) is 5. The van der Waals surface area contributed by atoms with E-state index in [0.717, 1.165) is 9.87 Å². The van der Waals surface area contributed by atoms with Crippen LogP contribution in [0, 0.1) is 0 Å². The van der Waals surface area contributed by atoms with Crippen molar-refractivity contribution in [3.63, 3.8) is 0 Å². The summed E-state index contributed by atoms with van der Waals surface area (Å²) in [6.45, 7) is 0.557. The predicted molar refractivity (Wildman–Crippen MR) is 122 cm³/mol. The largest absolute Gasteiger partial charge is 0.322 e. The minimum atomic E-state index is -3.94. The van der Waals surface area contributed by atoms with Crippen molar-refractivity contribution < 1.29 is 13.2 Å². The highest BCUT2D eigenvalue weighted by molar-refractivity contribution is 7.92. The van der Waals surface area contributed by atoms with Crippen LogP contribution >= 0.6 is 0 Å². The summed E-state index contributed by atoms with van der Waals surface area (Å²) < 4.78 is 29.3. The fraction of sp³-hybridized carbons (Fsp3) is 0.0870. The highest BCUT2D eigenvalue weighted by atomic mass is 32.2. The number of carbonyl (C=O) groups is 1. The van der Waals surface area contributed by atoms with Crippen LogP contribution < -0.4 is 9.62 Å². The number of carbonyl (C=O) groups excluding carboxylic acids is 1. The maximum atomic E-state index is 13.2. The van der Waals surface area contributed by atoms with E-state index in [2.05, 4.69) is 15.4 Å². The fourth-order valence-corrected chi connectivity index (χ4v) is 4.58. The third-order valence-electron chi connectivity index (χ3n) is 4.91. The lowest BCUT2D eigenvalue weighted by molar-refractivity contribution is 0.102. The number of amides is 1. The molecule has 0 aliphatic heterocycles. The Morgan fingerprint density at radius 2 is 1.66 bits per heavy atom. The minimum Gasteiger partial charge on any atom is -0.322 e. The average molecular weight is 448 g/mol. The lowest BCUT2D eigenvalue weighted by Crippen LogP contribution is -2.28. The van der Waals surface area contributed by atoms with Crippen molar-refractivity contribution in [2.75, 3.05) is 16.7 Å². The molecule has 0 aliphatic rings. The molecule has 1 heterocycles. The van der Waals surface area contributed by atoms with E-state index in [1.807, 2.05) is 18.2 Å². The molecule has 0 atom stereocenters. The Labute approximate surface area is 186 Å². The number of nitrogens with one attached hydrogen (secondary N) is 1. The molecular weight excluding hydrogens is 426 g/mol. The van der Waals surface area contributed by atoms with Crippen LogP contribution in [0.2, 0.25) is 0 Å². The molecule has 0 spiro atoms. The molecule has 1 amide bonds. The first-order valence-electron chi connectivity index (χ1n) is 9.81. The molecule has 1 N–H and O–H groups in total. The van der Waals surface area contributed by atoms with Crippen LogP contribution in [-0.2, 0) is 16.6 Å². The Bertz CT molecular complexity index is 1310. The van der Waals surface area contributed by atoms with Crippen molar-refractivity contribution in [3.05, 3.63) is 103 Å². The van der Waals surface area contributed by atoms with Gasteiger partial charge in [-0.3, -0.25) is 9.10 Å². The highest BCUT2D eigenvalue weighted by Crippen LogP contribution is 2.25. The van der Waals surface area contributed by atoms with E-state index in [4.69, 9.17) is 0 Å². The van der Waals surface area contributed by atoms with Gasteiger partial charge in [-0.05, 0) is 42.0 Å². The molecule has 0 bridgehead atoms. The van der Waals surface area contributed by atoms with Gasteiger partial charge in [0.15, 0.2) is 0 Å². The van der Waals surface area contributed by atoms with Crippen LogP contribution in [0.1, 0.15) is 15.9 Å².